The van der Waals surface area contributed by atoms with E-state index in [-0.39, 0.29) is 5.25 Å². The minimum atomic E-state index is -0.723. The van der Waals surface area contributed by atoms with Crippen LogP contribution in [-0.2, 0) is 15.6 Å². The maximum absolute atomic E-state index is 12.1. The van der Waals surface area contributed by atoms with Gasteiger partial charge in [0.1, 0.15) is 5.78 Å². The predicted molar refractivity (Wildman–Crippen MR) is 57.7 cm³/mol. The molecular formula is C11H18O2S. The first-order valence-electron chi connectivity index (χ1n) is 5.68. The molecule has 2 fully saturated rings. The van der Waals surface area contributed by atoms with Gasteiger partial charge in [-0.1, -0.05) is 12.8 Å². The molecular weight excluding hydrogens is 196 g/mol. The third-order valence-corrected chi connectivity index (χ3v) is 5.58. The average molecular weight is 214 g/mol. The molecule has 0 heterocycles. The lowest BCUT2D eigenvalue weighted by molar-refractivity contribution is -0.120. The number of carbonyl (C=O) groups excluding carboxylic acids is 1. The van der Waals surface area contributed by atoms with Crippen LogP contribution in [0.25, 0.3) is 0 Å². The Hall–Kier alpha value is -0.180. The minimum absolute atomic E-state index is 0.194. The molecule has 2 rings (SSSR count). The summed E-state index contributed by atoms with van der Waals surface area (Å²) in [6.07, 6.45) is 7.99. The van der Waals surface area contributed by atoms with Gasteiger partial charge in [-0.3, -0.25) is 9.00 Å². The Balaban J connectivity index is 1.92. The van der Waals surface area contributed by atoms with Crippen molar-refractivity contribution in [1.82, 2.24) is 0 Å². The first-order valence-corrected chi connectivity index (χ1v) is 6.96. The van der Waals surface area contributed by atoms with Crippen molar-refractivity contribution >= 4 is 16.6 Å². The van der Waals surface area contributed by atoms with E-state index < -0.39 is 10.8 Å². The summed E-state index contributed by atoms with van der Waals surface area (Å²) in [5.74, 6) is 0.326. The van der Waals surface area contributed by atoms with Crippen molar-refractivity contribution in [2.24, 2.45) is 0 Å². The van der Waals surface area contributed by atoms with Crippen LogP contribution in [0.15, 0.2) is 0 Å². The molecule has 2 atom stereocenters. The molecule has 2 unspecified atom stereocenters. The van der Waals surface area contributed by atoms with Gasteiger partial charge in [-0.25, -0.2) is 0 Å². The van der Waals surface area contributed by atoms with Crippen LogP contribution < -0.4 is 0 Å². The number of hydrogen-bond acceptors (Lipinski definition) is 2. The highest BCUT2D eigenvalue weighted by molar-refractivity contribution is 7.86. The smallest absolute Gasteiger partial charge is 0.134 e. The Morgan fingerprint density at radius 2 is 1.64 bits per heavy atom. The Morgan fingerprint density at radius 1 is 1.00 bits per heavy atom. The van der Waals surface area contributed by atoms with E-state index in [4.69, 9.17) is 0 Å². The zero-order chi connectivity index (χ0) is 9.97. The fourth-order valence-corrected chi connectivity index (χ4v) is 4.67. The lowest BCUT2D eigenvalue weighted by atomic mass is 9.99. The summed E-state index contributed by atoms with van der Waals surface area (Å²) in [7, 11) is -0.723. The van der Waals surface area contributed by atoms with E-state index in [2.05, 4.69) is 0 Å². The number of rotatable bonds is 2. The standard InChI is InChI=1S/C11H18O2S/c12-9-4-3-7-11(8-9)14(13)10-5-1-2-6-10/h10-11H,1-8H2. The normalized spacial score (nSPS) is 32.0. The topological polar surface area (TPSA) is 34.1 Å². The number of Topliss-reactive ketones (excluding diaryl/α,β-unsaturated/α-hetero) is 1. The molecule has 2 aliphatic carbocycles. The highest BCUT2D eigenvalue weighted by Gasteiger charge is 2.30. The molecule has 0 saturated heterocycles. The number of ketones is 1. The predicted octanol–water partition coefficient (Wildman–Crippen LogP) is 2.19. The van der Waals surface area contributed by atoms with Crippen molar-refractivity contribution < 1.29 is 9.00 Å². The fourth-order valence-electron chi connectivity index (χ4n) is 2.58. The van der Waals surface area contributed by atoms with Gasteiger partial charge in [0.2, 0.25) is 0 Å². The van der Waals surface area contributed by atoms with Gasteiger partial charge in [0.25, 0.3) is 0 Å². The number of hydrogen-bond donors (Lipinski definition) is 0. The second-order valence-corrected chi connectivity index (χ2v) is 6.48. The molecule has 3 heteroatoms. The molecule has 14 heavy (non-hydrogen) atoms. The highest BCUT2D eigenvalue weighted by atomic mass is 32.2. The van der Waals surface area contributed by atoms with E-state index in [1.807, 2.05) is 0 Å². The summed E-state index contributed by atoms with van der Waals surface area (Å²) in [6.45, 7) is 0. The molecule has 0 aromatic heterocycles. The van der Waals surface area contributed by atoms with Crippen LogP contribution in [0, 0.1) is 0 Å². The van der Waals surface area contributed by atoms with Crippen LogP contribution in [0.2, 0.25) is 0 Å². The molecule has 0 aliphatic heterocycles. The van der Waals surface area contributed by atoms with E-state index in [1.165, 1.54) is 12.8 Å². The minimum Gasteiger partial charge on any atom is -0.300 e. The van der Waals surface area contributed by atoms with Crippen molar-refractivity contribution in [2.75, 3.05) is 0 Å². The van der Waals surface area contributed by atoms with Gasteiger partial charge in [-0.05, 0) is 25.7 Å². The zero-order valence-corrected chi connectivity index (χ0v) is 9.35. The van der Waals surface area contributed by atoms with Crippen molar-refractivity contribution in [3.8, 4) is 0 Å². The summed E-state index contributed by atoms with van der Waals surface area (Å²) in [4.78, 5) is 11.3. The molecule has 2 nitrogen and oxygen atoms in total. The molecule has 0 aromatic carbocycles. The summed E-state index contributed by atoms with van der Waals surface area (Å²) in [5.41, 5.74) is 0. The van der Waals surface area contributed by atoms with E-state index in [9.17, 15) is 9.00 Å². The van der Waals surface area contributed by atoms with Gasteiger partial charge >= 0.3 is 0 Å². The van der Waals surface area contributed by atoms with E-state index in [0.717, 1.165) is 32.1 Å². The first kappa shape index (κ1) is 10.3. The zero-order valence-electron chi connectivity index (χ0n) is 8.54. The molecule has 0 radical (unpaired) electrons. The van der Waals surface area contributed by atoms with Gasteiger partial charge in [0.15, 0.2) is 0 Å². The van der Waals surface area contributed by atoms with Crippen LogP contribution >= 0.6 is 0 Å². The van der Waals surface area contributed by atoms with Crippen LogP contribution in [0.1, 0.15) is 51.4 Å². The van der Waals surface area contributed by atoms with Crippen molar-refractivity contribution in [3.05, 3.63) is 0 Å². The molecule has 0 amide bonds. The lowest BCUT2D eigenvalue weighted by Gasteiger charge is -2.23. The number of carbonyl (C=O) groups is 1. The Kier molecular flexibility index (Phi) is 3.37. The Bertz CT molecular complexity index is 244. The molecule has 80 valence electrons. The van der Waals surface area contributed by atoms with E-state index in [1.54, 1.807) is 0 Å². The van der Waals surface area contributed by atoms with Crippen LogP contribution in [0.3, 0.4) is 0 Å². The van der Waals surface area contributed by atoms with E-state index >= 15 is 0 Å². The van der Waals surface area contributed by atoms with Crippen LogP contribution in [0.4, 0.5) is 0 Å². The average Bonchev–Trinajstić information content (AvgIpc) is 2.69. The summed E-state index contributed by atoms with van der Waals surface area (Å²) < 4.78 is 12.1. The highest BCUT2D eigenvalue weighted by Crippen LogP contribution is 2.29. The summed E-state index contributed by atoms with van der Waals surface area (Å²) in [5, 5.41) is 0.602. The molecule has 2 aliphatic rings. The third-order valence-electron chi connectivity index (χ3n) is 3.40. The maximum atomic E-state index is 12.1. The first-order chi connectivity index (χ1) is 6.77. The quantitative estimate of drug-likeness (QED) is 0.706. The molecule has 0 spiro atoms. The van der Waals surface area contributed by atoms with Gasteiger partial charge in [0.05, 0.1) is 0 Å². The van der Waals surface area contributed by atoms with E-state index in [0.29, 0.717) is 17.5 Å². The van der Waals surface area contributed by atoms with Gasteiger partial charge in [0, 0.05) is 34.1 Å². The third kappa shape index (κ3) is 2.25. The Labute approximate surface area is 87.9 Å². The molecule has 2 saturated carbocycles. The fraction of sp³-hybridized carbons (Fsp3) is 0.909. The Morgan fingerprint density at radius 3 is 2.29 bits per heavy atom. The van der Waals surface area contributed by atoms with Gasteiger partial charge < -0.3 is 0 Å². The second kappa shape index (κ2) is 4.56. The molecule has 0 bridgehead atoms. The van der Waals surface area contributed by atoms with Crippen LogP contribution in [0.5, 0.6) is 0 Å². The van der Waals surface area contributed by atoms with Gasteiger partial charge in [-0.2, -0.15) is 0 Å². The summed E-state index contributed by atoms with van der Waals surface area (Å²) in [6, 6.07) is 0. The van der Waals surface area contributed by atoms with Crippen molar-refractivity contribution in [1.29, 1.82) is 0 Å². The van der Waals surface area contributed by atoms with Crippen LogP contribution in [-0.4, -0.2) is 20.5 Å². The maximum Gasteiger partial charge on any atom is 0.134 e. The largest absolute Gasteiger partial charge is 0.300 e. The second-order valence-electron chi connectivity index (χ2n) is 4.49. The van der Waals surface area contributed by atoms with Gasteiger partial charge in [-0.15, -0.1) is 0 Å². The van der Waals surface area contributed by atoms with Crippen molar-refractivity contribution in [3.63, 3.8) is 0 Å². The summed E-state index contributed by atoms with van der Waals surface area (Å²) >= 11 is 0. The molecule has 0 aromatic rings. The van der Waals surface area contributed by atoms with Crippen molar-refractivity contribution in [2.45, 2.75) is 61.9 Å². The monoisotopic (exact) mass is 214 g/mol. The lowest BCUT2D eigenvalue weighted by Crippen LogP contribution is -2.29. The molecule has 0 N–H and O–H groups in total. The SMILES string of the molecule is O=C1CCCC(S(=O)C2CCCC2)C1.